The van der Waals surface area contributed by atoms with Crippen LogP contribution in [-0.2, 0) is 47.5 Å². The molecule has 11 heteroatoms. The van der Waals surface area contributed by atoms with Gasteiger partial charge in [-0.15, -0.1) is 0 Å². The number of nitrogens with one attached hydrogen (secondary N) is 1. The van der Waals surface area contributed by atoms with Gasteiger partial charge in [0.25, 0.3) is 0 Å². The molecule has 10 nitrogen and oxygen atoms in total. The first-order valence-electron chi connectivity index (χ1n) is 13.6. The maximum Gasteiger partial charge on any atom is 0.349 e. The molecular formula is C29H40N3O7P. The molecule has 2 aromatic rings. The Labute approximate surface area is 236 Å². The maximum absolute atomic E-state index is 14.1. The van der Waals surface area contributed by atoms with Gasteiger partial charge < -0.3 is 28.9 Å². The zero-order valence-electron chi connectivity index (χ0n) is 23.9. The molecule has 0 spiro atoms. The predicted molar refractivity (Wildman–Crippen MR) is 153 cm³/mol. The van der Waals surface area contributed by atoms with Gasteiger partial charge in [0.2, 0.25) is 5.91 Å². The summed E-state index contributed by atoms with van der Waals surface area (Å²) >= 11 is 0. The molecule has 1 aliphatic rings. The van der Waals surface area contributed by atoms with Crippen molar-refractivity contribution < 1.29 is 32.7 Å². The van der Waals surface area contributed by atoms with Gasteiger partial charge in [0.1, 0.15) is 18.9 Å². The molecule has 0 radical (unpaired) electrons. The molecule has 0 aliphatic carbocycles. The lowest BCUT2D eigenvalue weighted by Gasteiger charge is -2.39. The fourth-order valence-corrected chi connectivity index (χ4v) is 6.32. The molecule has 1 atom stereocenters. The Morgan fingerprint density at radius 3 is 2.33 bits per heavy atom. The van der Waals surface area contributed by atoms with Crippen molar-refractivity contribution >= 4 is 31.2 Å². The molecule has 0 fully saturated rings. The Hall–Kier alpha value is -3.20. The van der Waals surface area contributed by atoms with Crippen molar-refractivity contribution in [3.05, 3.63) is 65.2 Å². The first-order chi connectivity index (χ1) is 19.0. The number of esters is 1. The standard InChI is InChI=1S/C29H40N3O7P/c1-6-38-40(36,39-7-2)20-31(17-21(3)4)29(35)32-18-25-15-26(30-22(5)33)14-13-24(25)16-27(32)28(34)37-19-23-11-9-8-10-12-23/h8-15,21,27H,6-7,16-20H2,1-5H3,(H,30,33). The van der Waals surface area contributed by atoms with Gasteiger partial charge in [-0.1, -0.05) is 50.2 Å². The SMILES string of the molecule is CCOP(=O)(CN(CC(C)C)C(=O)N1Cc2cc(NC(C)=O)ccc2CC1C(=O)OCc1ccccc1)OCC. The molecule has 1 aliphatic heterocycles. The third-order valence-corrected chi connectivity index (χ3v) is 8.24. The summed E-state index contributed by atoms with van der Waals surface area (Å²) in [7, 11) is -3.61. The van der Waals surface area contributed by atoms with E-state index in [1.54, 1.807) is 26.0 Å². The number of rotatable bonds is 12. The summed E-state index contributed by atoms with van der Waals surface area (Å²) in [5, 5.41) is 2.77. The summed E-state index contributed by atoms with van der Waals surface area (Å²) in [6, 6.07) is 13.4. The van der Waals surface area contributed by atoms with Gasteiger partial charge in [0.05, 0.1) is 13.2 Å². The van der Waals surface area contributed by atoms with E-state index in [1.165, 1.54) is 16.7 Å². The van der Waals surface area contributed by atoms with E-state index in [9.17, 15) is 18.9 Å². The van der Waals surface area contributed by atoms with Gasteiger partial charge in [-0.2, -0.15) is 0 Å². The van der Waals surface area contributed by atoms with Crippen molar-refractivity contribution in [3.63, 3.8) is 0 Å². The van der Waals surface area contributed by atoms with Crippen LogP contribution in [0.25, 0.3) is 0 Å². The molecule has 0 saturated heterocycles. The fraction of sp³-hybridized carbons (Fsp3) is 0.483. The Morgan fingerprint density at radius 2 is 1.73 bits per heavy atom. The molecule has 1 unspecified atom stereocenters. The lowest BCUT2D eigenvalue weighted by Crippen LogP contribution is -2.54. The Morgan fingerprint density at radius 1 is 1.05 bits per heavy atom. The predicted octanol–water partition coefficient (Wildman–Crippen LogP) is 5.42. The van der Waals surface area contributed by atoms with Crippen LogP contribution in [0.15, 0.2) is 48.5 Å². The van der Waals surface area contributed by atoms with Crippen LogP contribution >= 0.6 is 7.60 Å². The van der Waals surface area contributed by atoms with Crippen molar-refractivity contribution in [2.75, 3.05) is 31.4 Å². The highest BCUT2D eigenvalue weighted by molar-refractivity contribution is 7.53. The second kappa shape index (κ2) is 14.4. The van der Waals surface area contributed by atoms with E-state index in [4.69, 9.17) is 13.8 Å². The summed E-state index contributed by atoms with van der Waals surface area (Å²) < 4.78 is 30.0. The molecule has 3 rings (SSSR count). The number of hydrogen-bond donors (Lipinski definition) is 1. The van der Waals surface area contributed by atoms with Crippen LogP contribution in [0.4, 0.5) is 10.5 Å². The van der Waals surface area contributed by atoms with Crippen molar-refractivity contribution in [1.82, 2.24) is 9.80 Å². The largest absolute Gasteiger partial charge is 0.459 e. The van der Waals surface area contributed by atoms with Crippen LogP contribution in [0.2, 0.25) is 0 Å². The normalized spacial score (nSPS) is 14.9. The number of benzene rings is 2. The van der Waals surface area contributed by atoms with Crippen molar-refractivity contribution in [3.8, 4) is 0 Å². The van der Waals surface area contributed by atoms with Gasteiger partial charge in [-0.05, 0) is 48.6 Å². The summed E-state index contributed by atoms with van der Waals surface area (Å²) in [5.74, 6) is -0.694. The average molecular weight is 574 g/mol. The van der Waals surface area contributed by atoms with Gasteiger partial charge in [0.15, 0.2) is 0 Å². The third-order valence-electron chi connectivity index (χ3n) is 6.25. The van der Waals surface area contributed by atoms with Crippen LogP contribution in [0.5, 0.6) is 0 Å². The zero-order chi connectivity index (χ0) is 29.3. The second-order valence-electron chi connectivity index (χ2n) is 10.1. The minimum Gasteiger partial charge on any atom is -0.459 e. The molecule has 0 aromatic heterocycles. The Bertz CT molecular complexity index is 1210. The smallest absolute Gasteiger partial charge is 0.349 e. The van der Waals surface area contributed by atoms with E-state index in [2.05, 4.69) is 5.32 Å². The van der Waals surface area contributed by atoms with Crippen molar-refractivity contribution in [1.29, 1.82) is 0 Å². The van der Waals surface area contributed by atoms with Crippen molar-refractivity contribution in [2.45, 2.75) is 60.2 Å². The summed E-state index contributed by atoms with van der Waals surface area (Å²) in [4.78, 5) is 42.1. The van der Waals surface area contributed by atoms with Crippen LogP contribution in [-0.4, -0.2) is 59.8 Å². The fourth-order valence-electron chi connectivity index (χ4n) is 4.64. The van der Waals surface area contributed by atoms with E-state index in [0.29, 0.717) is 5.69 Å². The highest BCUT2D eigenvalue weighted by Gasteiger charge is 2.40. The van der Waals surface area contributed by atoms with Gasteiger partial charge >= 0.3 is 19.6 Å². The number of carbonyl (C=O) groups excluding carboxylic acids is 3. The number of ether oxygens (including phenoxy) is 1. The van der Waals surface area contributed by atoms with E-state index in [0.717, 1.165) is 16.7 Å². The van der Waals surface area contributed by atoms with Gasteiger partial charge in [-0.25, -0.2) is 9.59 Å². The number of fused-ring (bicyclic) bond motifs is 1. The van der Waals surface area contributed by atoms with E-state index in [1.807, 2.05) is 50.2 Å². The first-order valence-corrected chi connectivity index (χ1v) is 15.3. The number of anilines is 1. The summed E-state index contributed by atoms with van der Waals surface area (Å²) in [6.07, 6.45) is -0.00802. The molecule has 0 saturated carbocycles. The number of urea groups is 1. The highest BCUT2D eigenvalue weighted by atomic mass is 31.2. The number of hydrogen-bond acceptors (Lipinski definition) is 7. The topological polar surface area (TPSA) is 114 Å². The van der Waals surface area contributed by atoms with Gasteiger partial charge in [-0.3, -0.25) is 9.36 Å². The van der Waals surface area contributed by atoms with Crippen LogP contribution in [0.1, 0.15) is 51.3 Å². The lowest BCUT2D eigenvalue weighted by atomic mass is 9.93. The average Bonchev–Trinajstić information content (AvgIpc) is 2.90. The van der Waals surface area contributed by atoms with E-state index in [-0.39, 0.29) is 57.4 Å². The van der Waals surface area contributed by atoms with Gasteiger partial charge in [0, 0.05) is 32.1 Å². The Balaban J connectivity index is 1.95. The molecule has 40 heavy (non-hydrogen) atoms. The molecular weight excluding hydrogens is 533 g/mol. The zero-order valence-corrected chi connectivity index (χ0v) is 24.8. The summed E-state index contributed by atoms with van der Waals surface area (Å²) in [5.41, 5.74) is 3.11. The second-order valence-corrected chi connectivity index (χ2v) is 12.1. The number of amides is 3. The van der Waals surface area contributed by atoms with Crippen LogP contribution in [0.3, 0.4) is 0 Å². The molecule has 1 heterocycles. The molecule has 3 amide bonds. The minimum absolute atomic E-state index is 0.0487. The molecule has 2 aromatic carbocycles. The molecule has 218 valence electrons. The molecule has 1 N–H and O–H groups in total. The van der Waals surface area contributed by atoms with Crippen molar-refractivity contribution in [2.24, 2.45) is 5.92 Å². The monoisotopic (exact) mass is 573 g/mol. The van der Waals surface area contributed by atoms with E-state index >= 15 is 0 Å². The third kappa shape index (κ3) is 8.65. The summed E-state index contributed by atoms with van der Waals surface area (Å²) in [6.45, 7) is 9.54. The lowest BCUT2D eigenvalue weighted by molar-refractivity contribution is -0.151. The number of carbonyl (C=O) groups is 3. The van der Waals surface area contributed by atoms with Crippen LogP contribution in [0, 0.1) is 5.92 Å². The highest BCUT2D eigenvalue weighted by Crippen LogP contribution is 2.49. The molecule has 0 bridgehead atoms. The quantitative estimate of drug-likeness (QED) is 0.267. The van der Waals surface area contributed by atoms with Crippen LogP contribution < -0.4 is 5.32 Å². The first kappa shape index (κ1) is 31.3. The maximum atomic E-state index is 14.1. The Kier molecular flexibility index (Phi) is 11.3. The minimum atomic E-state index is -3.61. The number of nitrogens with zero attached hydrogens (tertiary/aromatic N) is 2. The van der Waals surface area contributed by atoms with E-state index < -0.39 is 25.6 Å².